The van der Waals surface area contributed by atoms with E-state index in [-0.39, 0.29) is 27.6 Å². The minimum absolute atomic E-state index is 0.0625. The zero-order chi connectivity index (χ0) is 18.4. The first-order valence-electron chi connectivity index (χ1n) is 8.01. The highest BCUT2D eigenvalue weighted by molar-refractivity contribution is 7.92. The van der Waals surface area contributed by atoms with E-state index in [2.05, 4.69) is 10.0 Å². The van der Waals surface area contributed by atoms with Gasteiger partial charge in [-0.1, -0.05) is 43.1 Å². The molecule has 0 aromatic heterocycles. The van der Waals surface area contributed by atoms with Gasteiger partial charge in [0.1, 0.15) is 0 Å². The molecule has 0 aliphatic heterocycles. The summed E-state index contributed by atoms with van der Waals surface area (Å²) in [5.41, 5.74) is 0.610. The Labute approximate surface area is 153 Å². The van der Waals surface area contributed by atoms with Crippen molar-refractivity contribution in [1.82, 2.24) is 5.32 Å². The first-order valence-corrected chi connectivity index (χ1v) is 9.88. The molecule has 0 bridgehead atoms. The summed E-state index contributed by atoms with van der Waals surface area (Å²) in [5.74, 6) is -0.236. The van der Waals surface area contributed by atoms with Crippen molar-refractivity contribution in [1.29, 1.82) is 0 Å². The lowest BCUT2D eigenvalue weighted by molar-refractivity contribution is 0.0938. The van der Waals surface area contributed by atoms with Crippen LogP contribution in [-0.2, 0) is 10.0 Å². The number of carbonyl (C=O) groups is 1. The zero-order valence-corrected chi connectivity index (χ0v) is 15.7. The number of carbonyl (C=O) groups excluding carboxylic acids is 1. The van der Waals surface area contributed by atoms with E-state index in [0.717, 1.165) is 12.8 Å². The molecule has 5 nitrogen and oxygen atoms in total. The molecular weight excluding hydrogens is 360 g/mol. The van der Waals surface area contributed by atoms with Gasteiger partial charge in [-0.15, -0.1) is 0 Å². The lowest BCUT2D eigenvalue weighted by Gasteiger charge is -2.14. The van der Waals surface area contributed by atoms with Crippen molar-refractivity contribution in [3.05, 3.63) is 59.1 Å². The Morgan fingerprint density at radius 1 is 1.16 bits per heavy atom. The molecule has 2 rings (SSSR count). The molecule has 134 valence electrons. The second-order valence-electron chi connectivity index (χ2n) is 5.78. The number of halogens is 1. The number of benzene rings is 2. The van der Waals surface area contributed by atoms with E-state index in [0.29, 0.717) is 5.56 Å². The van der Waals surface area contributed by atoms with E-state index in [1.54, 1.807) is 24.3 Å². The average molecular weight is 381 g/mol. The van der Waals surface area contributed by atoms with E-state index < -0.39 is 10.0 Å². The fraction of sp³-hybridized carbons (Fsp3) is 0.278. The van der Waals surface area contributed by atoms with Crippen molar-refractivity contribution in [3.63, 3.8) is 0 Å². The molecule has 0 aliphatic carbocycles. The summed E-state index contributed by atoms with van der Waals surface area (Å²) in [6.07, 6.45) is 1.86. The maximum absolute atomic E-state index is 12.3. The molecule has 1 unspecified atom stereocenters. The predicted octanol–water partition coefficient (Wildman–Crippen LogP) is 4.06. The van der Waals surface area contributed by atoms with E-state index in [9.17, 15) is 13.2 Å². The van der Waals surface area contributed by atoms with Crippen LogP contribution in [-0.4, -0.2) is 20.4 Å². The summed E-state index contributed by atoms with van der Waals surface area (Å²) in [7, 11) is -3.73. The molecule has 0 fully saturated rings. The molecule has 0 saturated carbocycles. The molecule has 7 heteroatoms. The van der Waals surface area contributed by atoms with Crippen molar-refractivity contribution in [2.45, 2.75) is 37.6 Å². The lowest BCUT2D eigenvalue weighted by Crippen LogP contribution is -2.32. The fourth-order valence-corrected chi connectivity index (χ4v) is 3.74. The van der Waals surface area contributed by atoms with E-state index >= 15 is 0 Å². The standard InChI is InChI=1S/C18H21ClN2O3S/c1-3-7-13(2)20-18(22)14-10-11-17(16(19)12-14)21-25(23,24)15-8-5-4-6-9-15/h4-6,8-13,21H,3,7H2,1-2H3,(H,20,22). The molecule has 0 spiro atoms. The Morgan fingerprint density at radius 3 is 2.44 bits per heavy atom. The molecule has 25 heavy (non-hydrogen) atoms. The molecular formula is C18H21ClN2O3S. The van der Waals surface area contributed by atoms with Gasteiger partial charge in [0, 0.05) is 11.6 Å². The van der Waals surface area contributed by atoms with Crippen LogP contribution in [0.3, 0.4) is 0 Å². The van der Waals surface area contributed by atoms with Gasteiger partial charge >= 0.3 is 0 Å². The molecule has 1 amide bonds. The predicted molar refractivity (Wildman–Crippen MR) is 101 cm³/mol. The Bertz CT molecular complexity index is 839. The van der Waals surface area contributed by atoms with Crippen LogP contribution >= 0.6 is 11.6 Å². The third kappa shape index (κ3) is 5.21. The second kappa shape index (κ2) is 8.36. The number of sulfonamides is 1. The number of nitrogens with one attached hydrogen (secondary N) is 2. The van der Waals surface area contributed by atoms with Crippen LogP contribution in [0.25, 0.3) is 0 Å². The summed E-state index contributed by atoms with van der Waals surface area (Å²) in [6, 6.07) is 12.6. The monoisotopic (exact) mass is 380 g/mol. The van der Waals surface area contributed by atoms with Crippen LogP contribution in [0.15, 0.2) is 53.4 Å². The minimum Gasteiger partial charge on any atom is -0.350 e. The second-order valence-corrected chi connectivity index (χ2v) is 7.87. The smallest absolute Gasteiger partial charge is 0.261 e. The minimum atomic E-state index is -3.73. The SMILES string of the molecule is CCCC(C)NC(=O)c1ccc(NS(=O)(=O)c2ccccc2)c(Cl)c1. The molecule has 0 radical (unpaired) electrons. The molecule has 0 heterocycles. The number of anilines is 1. The third-order valence-corrected chi connectivity index (χ3v) is 5.32. The largest absolute Gasteiger partial charge is 0.350 e. The molecule has 0 saturated heterocycles. The van der Waals surface area contributed by atoms with Gasteiger partial charge in [-0.25, -0.2) is 8.42 Å². The van der Waals surface area contributed by atoms with Crippen LogP contribution in [0.2, 0.25) is 5.02 Å². The van der Waals surface area contributed by atoms with Gasteiger partial charge < -0.3 is 5.32 Å². The Balaban J connectivity index is 2.16. The highest BCUT2D eigenvalue weighted by atomic mass is 35.5. The summed E-state index contributed by atoms with van der Waals surface area (Å²) in [4.78, 5) is 12.3. The van der Waals surface area contributed by atoms with Crippen LogP contribution in [0.1, 0.15) is 37.0 Å². The van der Waals surface area contributed by atoms with Crippen molar-refractivity contribution < 1.29 is 13.2 Å². The van der Waals surface area contributed by atoms with E-state index in [1.807, 2.05) is 13.8 Å². The number of hydrogen-bond acceptors (Lipinski definition) is 3. The highest BCUT2D eigenvalue weighted by Crippen LogP contribution is 2.26. The molecule has 0 aliphatic rings. The van der Waals surface area contributed by atoms with Gasteiger partial charge in [-0.05, 0) is 43.7 Å². The van der Waals surface area contributed by atoms with Crippen molar-refractivity contribution >= 4 is 33.2 Å². The van der Waals surface area contributed by atoms with Gasteiger partial charge in [0.25, 0.3) is 15.9 Å². The first kappa shape index (κ1) is 19.3. The molecule has 1 atom stereocenters. The quantitative estimate of drug-likeness (QED) is 0.760. The fourth-order valence-electron chi connectivity index (χ4n) is 2.35. The number of hydrogen-bond donors (Lipinski definition) is 2. The van der Waals surface area contributed by atoms with Crippen LogP contribution in [0, 0.1) is 0 Å². The first-order chi connectivity index (χ1) is 11.8. The lowest BCUT2D eigenvalue weighted by atomic mass is 10.1. The normalized spacial score (nSPS) is 12.4. The number of rotatable bonds is 7. The molecule has 2 aromatic rings. The van der Waals surface area contributed by atoms with Crippen LogP contribution in [0.5, 0.6) is 0 Å². The maximum Gasteiger partial charge on any atom is 0.261 e. The molecule has 2 N–H and O–H groups in total. The van der Waals surface area contributed by atoms with Gasteiger partial charge in [-0.2, -0.15) is 0 Å². The summed E-state index contributed by atoms with van der Waals surface area (Å²) in [6.45, 7) is 3.98. The van der Waals surface area contributed by atoms with Gasteiger partial charge in [0.15, 0.2) is 0 Å². The Morgan fingerprint density at radius 2 is 1.84 bits per heavy atom. The van der Waals surface area contributed by atoms with Gasteiger partial charge in [0.05, 0.1) is 15.6 Å². The Hall–Kier alpha value is -2.05. The number of amides is 1. The third-order valence-electron chi connectivity index (χ3n) is 3.63. The topological polar surface area (TPSA) is 75.3 Å². The van der Waals surface area contributed by atoms with Crippen LogP contribution < -0.4 is 10.0 Å². The average Bonchev–Trinajstić information content (AvgIpc) is 2.57. The zero-order valence-electron chi connectivity index (χ0n) is 14.1. The van der Waals surface area contributed by atoms with Crippen molar-refractivity contribution in [2.75, 3.05) is 4.72 Å². The van der Waals surface area contributed by atoms with E-state index in [4.69, 9.17) is 11.6 Å². The Kier molecular flexibility index (Phi) is 6.45. The van der Waals surface area contributed by atoms with Crippen molar-refractivity contribution in [2.24, 2.45) is 0 Å². The summed E-state index contributed by atoms with van der Waals surface area (Å²) in [5, 5.41) is 3.04. The van der Waals surface area contributed by atoms with Gasteiger partial charge in [-0.3, -0.25) is 9.52 Å². The summed E-state index contributed by atoms with van der Waals surface area (Å²) < 4.78 is 27.1. The molecule has 2 aromatic carbocycles. The van der Waals surface area contributed by atoms with E-state index in [1.165, 1.54) is 24.3 Å². The summed E-state index contributed by atoms with van der Waals surface area (Å²) >= 11 is 6.16. The van der Waals surface area contributed by atoms with Gasteiger partial charge in [0.2, 0.25) is 0 Å². The highest BCUT2D eigenvalue weighted by Gasteiger charge is 2.17. The van der Waals surface area contributed by atoms with Crippen LogP contribution in [0.4, 0.5) is 5.69 Å². The maximum atomic E-state index is 12.3. The van der Waals surface area contributed by atoms with Crippen molar-refractivity contribution in [3.8, 4) is 0 Å².